The molecule has 0 saturated heterocycles. The minimum atomic E-state index is -0.00631. The van der Waals surface area contributed by atoms with Gasteiger partial charge in [-0.05, 0) is 35.4 Å². The van der Waals surface area contributed by atoms with Gasteiger partial charge >= 0.3 is 0 Å². The molecular formula is C16H16BrClN2O. The predicted molar refractivity (Wildman–Crippen MR) is 90.7 cm³/mol. The Morgan fingerprint density at radius 2 is 1.95 bits per heavy atom. The molecule has 5 heteroatoms. The predicted octanol–water partition coefficient (Wildman–Crippen LogP) is 4.00. The van der Waals surface area contributed by atoms with E-state index in [-0.39, 0.29) is 5.91 Å². The van der Waals surface area contributed by atoms with Gasteiger partial charge in [-0.25, -0.2) is 0 Å². The average molecular weight is 368 g/mol. The summed E-state index contributed by atoms with van der Waals surface area (Å²) in [7, 11) is 1.64. The van der Waals surface area contributed by atoms with Gasteiger partial charge in [0, 0.05) is 28.8 Å². The first-order chi connectivity index (χ1) is 10.1. The Bertz CT molecular complexity index is 646. The molecule has 0 heterocycles. The molecule has 110 valence electrons. The van der Waals surface area contributed by atoms with Gasteiger partial charge in [0.05, 0.1) is 6.42 Å². The highest BCUT2D eigenvalue weighted by molar-refractivity contribution is 9.10. The summed E-state index contributed by atoms with van der Waals surface area (Å²) >= 11 is 9.53. The SMILES string of the molecule is CNC(=O)Cc1ccccc1NCc1cc(Cl)ccc1Br. The third-order valence-electron chi connectivity index (χ3n) is 3.12. The van der Waals surface area contributed by atoms with Crippen molar-refractivity contribution in [3.63, 3.8) is 0 Å². The van der Waals surface area contributed by atoms with Crippen LogP contribution >= 0.6 is 27.5 Å². The van der Waals surface area contributed by atoms with Crippen LogP contribution < -0.4 is 10.6 Å². The molecular weight excluding hydrogens is 352 g/mol. The molecule has 2 N–H and O–H groups in total. The van der Waals surface area contributed by atoms with Crippen LogP contribution in [0.25, 0.3) is 0 Å². The molecule has 2 rings (SSSR count). The topological polar surface area (TPSA) is 41.1 Å². The van der Waals surface area contributed by atoms with E-state index in [1.165, 1.54) is 0 Å². The van der Waals surface area contributed by atoms with Gasteiger partial charge in [0.1, 0.15) is 0 Å². The van der Waals surface area contributed by atoms with Crippen LogP contribution in [0.2, 0.25) is 5.02 Å². The van der Waals surface area contributed by atoms with E-state index in [1.54, 1.807) is 7.05 Å². The lowest BCUT2D eigenvalue weighted by Crippen LogP contribution is -2.20. The fourth-order valence-corrected chi connectivity index (χ4v) is 2.56. The second kappa shape index (κ2) is 7.48. The lowest BCUT2D eigenvalue weighted by atomic mass is 10.1. The van der Waals surface area contributed by atoms with E-state index in [9.17, 15) is 4.79 Å². The second-order valence-electron chi connectivity index (χ2n) is 4.60. The molecule has 0 aliphatic heterocycles. The summed E-state index contributed by atoms with van der Waals surface area (Å²) in [5.74, 6) is -0.00631. The number of rotatable bonds is 5. The number of carbonyl (C=O) groups excluding carboxylic acids is 1. The van der Waals surface area contributed by atoms with Crippen LogP contribution in [0.4, 0.5) is 5.69 Å². The van der Waals surface area contributed by atoms with E-state index in [0.29, 0.717) is 18.0 Å². The highest BCUT2D eigenvalue weighted by Gasteiger charge is 2.07. The number of benzene rings is 2. The van der Waals surface area contributed by atoms with Crippen LogP contribution in [0, 0.1) is 0 Å². The zero-order valence-electron chi connectivity index (χ0n) is 11.6. The number of amides is 1. The van der Waals surface area contributed by atoms with Crippen LogP contribution in [0.5, 0.6) is 0 Å². The Labute approximate surface area is 137 Å². The van der Waals surface area contributed by atoms with Gasteiger partial charge in [-0.2, -0.15) is 0 Å². The molecule has 2 aromatic rings. The quantitative estimate of drug-likeness (QED) is 0.838. The first kappa shape index (κ1) is 15.9. The minimum Gasteiger partial charge on any atom is -0.381 e. The maximum Gasteiger partial charge on any atom is 0.224 e. The maximum absolute atomic E-state index is 11.5. The second-order valence-corrected chi connectivity index (χ2v) is 5.89. The van der Waals surface area contributed by atoms with Crippen molar-refractivity contribution in [2.45, 2.75) is 13.0 Å². The number of para-hydroxylation sites is 1. The summed E-state index contributed by atoms with van der Waals surface area (Å²) in [6, 6.07) is 13.5. The Balaban J connectivity index is 2.13. The molecule has 21 heavy (non-hydrogen) atoms. The normalized spacial score (nSPS) is 10.2. The van der Waals surface area contributed by atoms with Crippen LogP contribution in [0.3, 0.4) is 0 Å². The molecule has 0 unspecified atom stereocenters. The van der Waals surface area contributed by atoms with E-state index in [2.05, 4.69) is 26.6 Å². The smallest absolute Gasteiger partial charge is 0.224 e. The van der Waals surface area contributed by atoms with Crippen LogP contribution in [-0.4, -0.2) is 13.0 Å². The fraction of sp³-hybridized carbons (Fsp3) is 0.188. The largest absolute Gasteiger partial charge is 0.381 e. The Morgan fingerprint density at radius 3 is 2.71 bits per heavy atom. The minimum absolute atomic E-state index is 0.00631. The van der Waals surface area contributed by atoms with E-state index in [1.807, 2.05) is 42.5 Å². The van der Waals surface area contributed by atoms with Gasteiger partial charge in [0.25, 0.3) is 0 Å². The van der Waals surface area contributed by atoms with Crippen molar-refractivity contribution >= 4 is 39.1 Å². The van der Waals surface area contributed by atoms with Crippen molar-refractivity contribution in [3.05, 3.63) is 63.1 Å². The van der Waals surface area contributed by atoms with Gasteiger partial charge in [0.15, 0.2) is 0 Å². The highest BCUT2D eigenvalue weighted by Crippen LogP contribution is 2.23. The zero-order valence-corrected chi connectivity index (χ0v) is 14.0. The summed E-state index contributed by atoms with van der Waals surface area (Å²) in [6.45, 7) is 0.631. The van der Waals surface area contributed by atoms with Crippen LogP contribution in [-0.2, 0) is 17.8 Å². The molecule has 0 spiro atoms. The zero-order chi connectivity index (χ0) is 15.2. The molecule has 0 saturated carbocycles. The molecule has 0 aromatic heterocycles. The monoisotopic (exact) mass is 366 g/mol. The molecule has 0 radical (unpaired) electrons. The van der Waals surface area contributed by atoms with Crippen LogP contribution in [0.15, 0.2) is 46.9 Å². The lowest BCUT2D eigenvalue weighted by Gasteiger charge is -2.13. The first-order valence-corrected chi connectivity index (χ1v) is 7.73. The summed E-state index contributed by atoms with van der Waals surface area (Å²) in [6.07, 6.45) is 0.358. The number of nitrogens with one attached hydrogen (secondary N) is 2. The van der Waals surface area contributed by atoms with Gasteiger partial charge in [-0.3, -0.25) is 4.79 Å². The molecule has 0 aliphatic rings. The fourth-order valence-electron chi connectivity index (χ4n) is 1.98. The molecule has 0 bridgehead atoms. The van der Waals surface area contributed by atoms with E-state index in [4.69, 9.17) is 11.6 Å². The molecule has 0 atom stereocenters. The number of likely N-dealkylation sites (N-methyl/N-ethyl adjacent to an activating group) is 1. The van der Waals surface area contributed by atoms with Crippen molar-refractivity contribution in [1.29, 1.82) is 0 Å². The third kappa shape index (κ3) is 4.48. The van der Waals surface area contributed by atoms with E-state index < -0.39 is 0 Å². The van der Waals surface area contributed by atoms with Crippen LogP contribution in [0.1, 0.15) is 11.1 Å². The number of carbonyl (C=O) groups is 1. The van der Waals surface area contributed by atoms with Crippen molar-refractivity contribution in [2.24, 2.45) is 0 Å². The molecule has 3 nitrogen and oxygen atoms in total. The van der Waals surface area contributed by atoms with Gasteiger partial charge < -0.3 is 10.6 Å². The van der Waals surface area contributed by atoms with Crippen molar-refractivity contribution in [3.8, 4) is 0 Å². The number of anilines is 1. The Morgan fingerprint density at radius 1 is 1.19 bits per heavy atom. The van der Waals surface area contributed by atoms with Gasteiger partial charge in [-0.15, -0.1) is 0 Å². The third-order valence-corrected chi connectivity index (χ3v) is 4.13. The summed E-state index contributed by atoms with van der Waals surface area (Å²) in [5.41, 5.74) is 2.99. The van der Waals surface area contributed by atoms with E-state index >= 15 is 0 Å². The molecule has 2 aromatic carbocycles. The number of hydrogen-bond donors (Lipinski definition) is 2. The molecule has 0 aliphatic carbocycles. The molecule has 0 fully saturated rings. The summed E-state index contributed by atoms with van der Waals surface area (Å²) in [4.78, 5) is 11.5. The Hall–Kier alpha value is -1.52. The summed E-state index contributed by atoms with van der Waals surface area (Å²) < 4.78 is 1.00. The van der Waals surface area contributed by atoms with Gasteiger partial charge in [-0.1, -0.05) is 45.7 Å². The first-order valence-electron chi connectivity index (χ1n) is 6.56. The number of hydrogen-bond acceptors (Lipinski definition) is 2. The molecule has 1 amide bonds. The highest BCUT2D eigenvalue weighted by atomic mass is 79.9. The maximum atomic E-state index is 11.5. The summed E-state index contributed by atoms with van der Waals surface area (Å²) in [5, 5.41) is 6.70. The average Bonchev–Trinajstić information content (AvgIpc) is 2.49. The van der Waals surface area contributed by atoms with E-state index in [0.717, 1.165) is 21.3 Å². The van der Waals surface area contributed by atoms with Crippen molar-refractivity contribution < 1.29 is 4.79 Å². The Kier molecular flexibility index (Phi) is 5.65. The van der Waals surface area contributed by atoms with Crippen molar-refractivity contribution in [2.75, 3.05) is 12.4 Å². The number of halogens is 2. The van der Waals surface area contributed by atoms with Crippen molar-refractivity contribution in [1.82, 2.24) is 5.32 Å². The standard InChI is InChI=1S/C16H16BrClN2O/c1-19-16(21)9-11-4-2-3-5-15(11)20-10-12-8-13(18)6-7-14(12)17/h2-8,20H,9-10H2,1H3,(H,19,21). The van der Waals surface area contributed by atoms with Gasteiger partial charge in [0.2, 0.25) is 5.91 Å². The lowest BCUT2D eigenvalue weighted by molar-refractivity contribution is -0.119.